The smallest absolute Gasteiger partial charge is 0.126 e. The molecule has 2 aromatic heterocycles. The fourth-order valence-electron chi connectivity index (χ4n) is 1.36. The van der Waals surface area contributed by atoms with Crippen molar-refractivity contribution in [2.75, 3.05) is 0 Å². The average Bonchev–Trinajstić information content (AvgIpc) is 2.88. The lowest BCUT2D eigenvalue weighted by Crippen LogP contribution is -2.08. The predicted molar refractivity (Wildman–Crippen MR) is 58.4 cm³/mol. The van der Waals surface area contributed by atoms with E-state index in [9.17, 15) is 0 Å². The van der Waals surface area contributed by atoms with Gasteiger partial charge in [-0.1, -0.05) is 13.0 Å². The highest BCUT2D eigenvalue weighted by molar-refractivity contribution is 7.10. The molecule has 0 radical (unpaired) electrons. The van der Waals surface area contributed by atoms with Crippen LogP contribution < -0.4 is 5.73 Å². The maximum absolute atomic E-state index is 6.05. The molecule has 0 bridgehead atoms. The first-order chi connectivity index (χ1) is 6.81. The van der Waals surface area contributed by atoms with Gasteiger partial charge in [0.15, 0.2) is 0 Å². The average molecular weight is 207 g/mol. The largest absolute Gasteiger partial charge is 0.464 e. The molecular weight excluding hydrogens is 194 g/mol. The minimum absolute atomic E-state index is 0.115. The maximum atomic E-state index is 6.05. The summed E-state index contributed by atoms with van der Waals surface area (Å²) in [5, 5.41) is 2.03. The highest BCUT2D eigenvalue weighted by Crippen LogP contribution is 2.25. The maximum Gasteiger partial charge on any atom is 0.126 e. The molecule has 0 aliphatic carbocycles. The monoisotopic (exact) mass is 207 g/mol. The Morgan fingerprint density at radius 2 is 2.29 bits per heavy atom. The molecule has 3 heteroatoms. The van der Waals surface area contributed by atoms with Gasteiger partial charge < -0.3 is 10.2 Å². The summed E-state index contributed by atoms with van der Waals surface area (Å²) in [5.74, 6) is 1.84. The number of hydrogen-bond donors (Lipinski definition) is 1. The van der Waals surface area contributed by atoms with Crippen LogP contribution in [-0.2, 0) is 6.42 Å². The van der Waals surface area contributed by atoms with Crippen LogP contribution in [0.25, 0.3) is 0 Å². The molecule has 14 heavy (non-hydrogen) atoms. The van der Waals surface area contributed by atoms with Crippen molar-refractivity contribution in [1.29, 1.82) is 0 Å². The second kappa shape index (κ2) is 3.98. The van der Waals surface area contributed by atoms with Gasteiger partial charge in [-0.15, -0.1) is 11.3 Å². The van der Waals surface area contributed by atoms with E-state index in [0.29, 0.717) is 0 Å². The van der Waals surface area contributed by atoms with Crippen LogP contribution in [0.4, 0.5) is 0 Å². The van der Waals surface area contributed by atoms with Crippen LogP contribution in [0, 0.1) is 0 Å². The number of aryl methyl sites for hydroxylation is 1. The lowest BCUT2D eigenvalue weighted by molar-refractivity contribution is 0.455. The summed E-state index contributed by atoms with van der Waals surface area (Å²) in [7, 11) is 0. The van der Waals surface area contributed by atoms with Crippen molar-refractivity contribution in [2.24, 2.45) is 5.73 Å². The third-order valence-corrected chi connectivity index (χ3v) is 3.14. The molecule has 0 saturated heterocycles. The summed E-state index contributed by atoms with van der Waals surface area (Å²) in [6, 6.07) is 7.87. The Morgan fingerprint density at radius 1 is 1.43 bits per heavy atom. The van der Waals surface area contributed by atoms with Gasteiger partial charge in [-0.25, -0.2) is 0 Å². The molecule has 2 N–H and O–H groups in total. The molecule has 0 amide bonds. The summed E-state index contributed by atoms with van der Waals surface area (Å²) in [6.07, 6.45) is 0.914. The molecule has 2 rings (SSSR count). The van der Waals surface area contributed by atoms with Gasteiger partial charge in [0.05, 0.1) is 6.04 Å². The molecule has 74 valence electrons. The Bertz CT molecular complexity index is 391. The van der Waals surface area contributed by atoms with E-state index in [-0.39, 0.29) is 6.04 Å². The normalized spacial score (nSPS) is 13.0. The SMILES string of the molecule is CCc1ccc(C(N)c2cccs2)o1. The third-order valence-electron chi connectivity index (χ3n) is 2.19. The Morgan fingerprint density at radius 3 is 2.86 bits per heavy atom. The lowest BCUT2D eigenvalue weighted by Gasteiger charge is -2.05. The first kappa shape index (κ1) is 9.49. The highest BCUT2D eigenvalue weighted by atomic mass is 32.1. The van der Waals surface area contributed by atoms with E-state index in [0.717, 1.165) is 22.8 Å². The summed E-state index contributed by atoms with van der Waals surface area (Å²) >= 11 is 1.66. The van der Waals surface area contributed by atoms with E-state index in [1.165, 1.54) is 0 Å². The number of nitrogens with two attached hydrogens (primary N) is 1. The Kier molecular flexibility index (Phi) is 2.70. The van der Waals surface area contributed by atoms with Gasteiger partial charge in [0.1, 0.15) is 11.5 Å². The fourth-order valence-corrected chi connectivity index (χ4v) is 2.09. The van der Waals surface area contributed by atoms with Crippen molar-refractivity contribution < 1.29 is 4.42 Å². The number of rotatable bonds is 3. The van der Waals surface area contributed by atoms with Crippen molar-refractivity contribution in [1.82, 2.24) is 0 Å². The zero-order chi connectivity index (χ0) is 9.97. The first-order valence-electron chi connectivity index (χ1n) is 4.69. The van der Waals surface area contributed by atoms with Crippen molar-refractivity contribution in [3.8, 4) is 0 Å². The number of furan rings is 1. The minimum atomic E-state index is -0.115. The summed E-state index contributed by atoms with van der Waals surface area (Å²) in [5.41, 5.74) is 6.05. The zero-order valence-electron chi connectivity index (χ0n) is 8.07. The molecule has 0 spiro atoms. The Labute approximate surface area is 87.4 Å². The van der Waals surface area contributed by atoms with Gasteiger partial charge in [-0.05, 0) is 23.6 Å². The second-order valence-electron chi connectivity index (χ2n) is 3.15. The van der Waals surface area contributed by atoms with Crippen molar-refractivity contribution >= 4 is 11.3 Å². The van der Waals surface area contributed by atoms with Gasteiger partial charge >= 0.3 is 0 Å². The summed E-state index contributed by atoms with van der Waals surface area (Å²) in [4.78, 5) is 1.14. The van der Waals surface area contributed by atoms with Crippen LogP contribution in [0.15, 0.2) is 34.1 Å². The van der Waals surface area contributed by atoms with E-state index >= 15 is 0 Å². The van der Waals surface area contributed by atoms with E-state index in [1.807, 2.05) is 29.6 Å². The molecule has 0 saturated carbocycles. The Balaban J connectivity index is 2.23. The lowest BCUT2D eigenvalue weighted by atomic mass is 10.2. The quantitative estimate of drug-likeness (QED) is 0.840. The topological polar surface area (TPSA) is 39.2 Å². The van der Waals surface area contributed by atoms with E-state index in [4.69, 9.17) is 10.2 Å². The van der Waals surface area contributed by atoms with Gasteiger partial charge in [-0.2, -0.15) is 0 Å². The van der Waals surface area contributed by atoms with Gasteiger partial charge in [0.25, 0.3) is 0 Å². The van der Waals surface area contributed by atoms with Crippen molar-refractivity contribution in [2.45, 2.75) is 19.4 Å². The van der Waals surface area contributed by atoms with Gasteiger partial charge in [-0.3, -0.25) is 0 Å². The molecule has 0 aromatic carbocycles. The van der Waals surface area contributed by atoms with Crippen LogP contribution in [0.5, 0.6) is 0 Å². The summed E-state index contributed by atoms with van der Waals surface area (Å²) < 4.78 is 5.60. The standard InChI is InChI=1S/C11H13NOS/c1-2-8-5-6-9(13-8)11(12)10-4-3-7-14-10/h3-7,11H,2,12H2,1H3. The number of thiophene rings is 1. The number of hydrogen-bond acceptors (Lipinski definition) is 3. The molecule has 2 aromatic rings. The fraction of sp³-hybridized carbons (Fsp3) is 0.273. The van der Waals surface area contributed by atoms with Crippen LogP contribution in [0.2, 0.25) is 0 Å². The van der Waals surface area contributed by atoms with Crippen molar-refractivity contribution in [3.63, 3.8) is 0 Å². The molecule has 1 atom stereocenters. The highest BCUT2D eigenvalue weighted by Gasteiger charge is 2.13. The first-order valence-corrected chi connectivity index (χ1v) is 5.57. The molecule has 0 aliphatic rings. The molecule has 0 aliphatic heterocycles. The van der Waals surface area contributed by atoms with Gasteiger partial charge in [0.2, 0.25) is 0 Å². The van der Waals surface area contributed by atoms with Crippen LogP contribution in [0.1, 0.15) is 29.4 Å². The Hall–Kier alpha value is -1.06. The second-order valence-corrected chi connectivity index (χ2v) is 4.13. The molecule has 2 nitrogen and oxygen atoms in total. The van der Waals surface area contributed by atoms with Crippen LogP contribution >= 0.6 is 11.3 Å². The third kappa shape index (κ3) is 1.74. The van der Waals surface area contributed by atoms with E-state index in [1.54, 1.807) is 11.3 Å². The van der Waals surface area contributed by atoms with Crippen LogP contribution in [0.3, 0.4) is 0 Å². The molecule has 2 heterocycles. The van der Waals surface area contributed by atoms with Crippen molar-refractivity contribution in [3.05, 3.63) is 46.0 Å². The zero-order valence-corrected chi connectivity index (χ0v) is 8.88. The summed E-state index contributed by atoms with van der Waals surface area (Å²) in [6.45, 7) is 2.07. The molecule has 1 unspecified atom stereocenters. The molecular formula is C11H13NOS. The minimum Gasteiger partial charge on any atom is -0.464 e. The van der Waals surface area contributed by atoms with E-state index < -0.39 is 0 Å². The molecule has 0 fully saturated rings. The van der Waals surface area contributed by atoms with Crippen LogP contribution in [-0.4, -0.2) is 0 Å². The van der Waals surface area contributed by atoms with Gasteiger partial charge in [0, 0.05) is 11.3 Å². The predicted octanol–water partition coefficient (Wildman–Crippen LogP) is 2.95. The van der Waals surface area contributed by atoms with E-state index in [2.05, 4.69) is 6.92 Å².